The third kappa shape index (κ3) is 3.43. The summed E-state index contributed by atoms with van der Waals surface area (Å²) in [5.41, 5.74) is 2.93. The van der Waals surface area contributed by atoms with Crippen molar-refractivity contribution >= 4 is 15.9 Å². The molecule has 2 aromatic rings. The van der Waals surface area contributed by atoms with Crippen LogP contribution in [0.4, 0.5) is 0 Å². The predicted octanol–water partition coefficient (Wildman–Crippen LogP) is 2.93. The third-order valence-electron chi connectivity index (χ3n) is 2.89. The summed E-state index contributed by atoms with van der Waals surface area (Å²) in [6.07, 6.45) is 3.51. The van der Waals surface area contributed by atoms with Gasteiger partial charge in [0.15, 0.2) is 5.82 Å². The molecule has 1 N–H and O–H groups in total. The summed E-state index contributed by atoms with van der Waals surface area (Å²) in [5, 5.41) is 7.88. The number of rotatable bonds is 3. The Morgan fingerprint density at radius 2 is 1.95 bits per heavy atom. The highest BCUT2D eigenvalue weighted by atomic mass is 79.9. The van der Waals surface area contributed by atoms with Gasteiger partial charge in [-0.25, -0.2) is 9.67 Å². The van der Waals surface area contributed by atoms with E-state index in [1.165, 1.54) is 0 Å². The zero-order chi connectivity index (χ0) is 14.9. The molecule has 108 valence electrons. The van der Waals surface area contributed by atoms with Crippen molar-refractivity contribution in [2.24, 2.45) is 0 Å². The molecule has 0 aliphatic heterocycles. The first-order valence-electron chi connectivity index (χ1n) is 6.56. The minimum absolute atomic E-state index is 0.0545. The molecule has 0 aliphatic carbocycles. The van der Waals surface area contributed by atoms with Gasteiger partial charge in [0.1, 0.15) is 0 Å². The van der Waals surface area contributed by atoms with E-state index in [2.05, 4.69) is 57.1 Å². The summed E-state index contributed by atoms with van der Waals surface area (Å²) in [6, 6.07) is 0. The average Bonchev–Trinajstić information content (AvgIpc) is 2.64. The highest BCUT2D eigenvalue weighted by Crippen LogP contribution is 2.21. The van der Waals surface area contributed by atoms with E-state index in [1.54, 1.807) is 12.4 Å². The van der Waals surface area contributed by atoms with Crippen molar-refractivity contribution in [3.05, 3.63) is 33.9 Å². The zero-order valence-electron chi connectivity index (χ0n) is 12.5. The normalized spacial score (nSPS) is 11.9. The summed E-state index contributed by atoms with van der Waals surface area (Å²) in [4.78, 5) is 8.88. The highest BCUT2D eigenvalue weighted by molar-refractivity contribution is 9.10. The topological polar surface area (TPSA) is 55.6 Å². The Labute approximate surface area is 128 Å². The Bertz CT molecular complexity index is 613. The van der Waals surface area contributed by atoms with Gasteiger partial charge in [-0.15, -0.1) is 0 Å². The van der Waals surface area contributed by atoms with Crippen LogP contribution in [-0.2, 0) is 6.54 Å². The van der Waals surface area contributed by atoms with Crippen LogP contribution in [0.25, 0.3) is 5.82 Å². The van der Waals surface area contributed by atoms with E-state index >= 15 is 0 Å². The van der Waals surface area contributed by atoms with Gasteiger partial charge in [0, 0.05) is 18.3 Å². The Morgan fingerprint density at radius 1 is 1.25 bits per heavy atom. The number of hydrogen-bond acceptors (Lipinski definition) is 4. The van der Waals surface area contributed by atoms with Crippen molar-refractivity contribution in [2.45, 2.75) is 46.7 Å². The summed E-state index contributed by atoms with van der Waals surface area (Å²) >= 11 is 3.53. The molecule has 2 heterocycles. The maximum atomic E-state index is 4.62. The lowest BCUT2D eigenvalue weighted by atomic mass is 10.1. The second-order valence-electron chi connectivity index (χ2n) is 5.87. The van der Waals surface area contributed by atoms with Gasteiger partial charge in [-0.1, -0.05) is 0 Å². The number of nitrogens with one attached hydrogen (secondary N) is 1. The molecule has 5 nitrogen and oxygen atoms in total. The van der Waals surface area contributed by atoms with Gasteiger partial charge in [0.05, 0.1) is 27.8 Å². The molecule has 0 aliphatic rings. The minimum atomic E-state index is 0.0545. The lowest BCUT2D eigenvalue weighted by Gasteiger charge is -2.20. The van der Waals surface area contributed by atoms with Gasteiger partial charge < -0.3 is 5.32 Å². The van der Waals surface area contributed by atoms with Crippen LogP contribution in [-0.4, -0.2) is 25.3 Å². The molecule has 0 radical (unpaired) electrons. The van der Waals surface area contributed by atoms with Crippen molar-refractivity contribution in [3.8, 4) is 5.82 Å². The second-order valence-corrected chi connectivity index (χ2v) is 6.66. The lowest BCUT2D eigenvalue weighted by Crippen LogP contribution is -2.35. The fourth-order valence-corrected chi connectivity index (χ4v) is 2.03. The van der Waals surface area contributed by atoms with Crippen molar-refractivity contribution in [1.82, 2.24) is 25.1 Å². The first-order chi connectivity index (χ1) is 9.28. The van der Waals surface area contributed by atoms with Gasteiger partial charge in [0.2, 0.25) is 0 Å². The molecular formula is C14H20BrN5. The number of aromatic nitrogens is 4. The van der Waals surface area contributed by atoms with Crippen LogP contribution < -0.4 is 5.32 Å². The van der Waals surface area contributed by atoms with E-state index in [4.69, 9.17) is 0 Å². The fraction of sp³-hybridized carbons (Fsp3) is 0.500. The summed E-state index contributed by atoms with van der Waals surface area (Å²) < 4.78 is 2.82. The van der Waals surface area contributed by atoms with Crippen molar-refractivity contribution in [2.75, 3.05) is 0 Å². The Balaban J connectivity index is 2.28. The lowest BCUT2D eigenvalue weighted by molar-refractivity contribution is 0.420. The first kappa shape index (κ1) is 15.1. The minimum Gasteiger partial charge on any atom is -0.306 e. The molecule has 0 bridgehead atoms. The third-order valence-corrected chi connectivity index (χ3v) is 4.04. The second kappa shape index (κ2) is 5.61. The largest absolute Gasteiger partial charge is 0.306 e. The van der Waals surface area contributed by atoms with Crippen LogP contribution in [0, 0.1) is 13.8 Å². The average molecular weight is 338 g/mol. The smallest absolute Gasteiger partial charge is 0.172 e. The molecule has 6 heteroatoms. The Morgan fingerprint density at radius 3 is 2.50 bits per heavy atom. The predicted molar refractivity (Wildman–Crippen MR) is 82.9 cm³/mol. The Hall–Kier alpha value is -1.27. The maximum absolute atomic E-state index is 4.62. The summed E-state index contributed by atoms with van der Waals surface area (Å²) in [6.45, 7) is 11.0. The molecule has 0 fully saturated rings. The van der Waals surface area contributed by atoms with Crippen LogP contribution in [0.1, 0.15) is 37.9 Å². The van der Waals surface area contributed by atoms with Gasteiger partial charge in [-0.2, -0.15) is 5.10 Å². The monoisotopic (exact) mass is 337 g/mol. The molecule has 0 atom stereocenters. The quantitative estimate of drug-likeness (QED) is 0.935. The molecule has 0 aromatic carbocycles. The molecule has 0 spiro atoms. The molecule has 2 aromatic heterocycles. The van der Waals surface area contributed by atoms with E-state index in [9.17, 15) is 0 Å². The van der Waals surface area contributed by atoms with Crippen molar-refractivity contribution in [3.63, 3.8) is 0 Å². The fourth-order valence-electron chi connectivity index (χ4n) is 1.78. The van der Waals surface area contributed by atoms with E-state index in [0.717, 1.165) is 27.4 Å². The summed E-state index contributed by atoms with van der Waals surface area (Å²) in [5.74, 6) is 0.740. The van der Waals surface area contributed by atoms with Crippen molar-refractivity contribution < 1.29 is 0 Å². The van der Waals surface area contributed by atoms with Crippen LogP contribution in [0.5, 0.6) is 0 Å². The van der Waals surface area contributed by atoms with E-state index in [-0.39, 0.29) is 5.54 Å². The van der Waals surface area contributed by atoms with Crippen molar-refractivity contribution in [1.29, 1.82) is 0 Å². The van der Waals surface area contributed by atoms with Gasteiger partial charge in [0.25, 0.3) is 0 Å². The molecule has 0 saturated carbocycles. The maximum Gasteiger partial charge on any atom is 0.172 e. The molecular weight excluding hydrogens is 318 g/mol. The van der Waals surface area contributed by atoms with E-state index in [1.807, 2.05) is 18.5 Å². The number of hydrogen-bond donors (Lipinski definition) is 1. The highest BCUT2D eigenvalue weighted by Gasteiger charge is 2.13. The molecule has 20 heavy (non-hydrogen) atoms. The van der Waals surface area contributed by atoms with Crippen LogP contribution >= 0.6 is 15.9 Å². The molecule has 2 rings (SSSR count). The van der Waals surface area contributed by atoms with Crippen LogP contribution in [0.3, 0.4) is 0 Å². The zero-order valence-corrected chi connectivity index (χ0v) is 14.1. The van der Waals surface area contributed by atoms with E-state index < -0.39 is 0 Å². The van der Waals surface area contributed by atoms with E-state index in [0.29, 0.717) is 6.54 Å². The first-order valence-corrected chi connectivity index (χ1v) is 7.35. The molecule has 0 amide bonds. The van der Waals surface area contributed by atoms with Crippen LogP contribution in [0.15, 0.2) is 16.9 Å². The van der Waals surface area contributed by atoms with Crippen LogP contribution in [0.2, 0.25) is 0 Å². The number of nitrogens with zero attached hydrogens (tertiary/aromatic N) is 4. The van der Waals surface area contributed by atoms with Gasteiger partial charge in [-0.05, 0) is 50.5 Å². The summed E-state index contributed by atoms with van der Waals surface area (Å²) in [7, 11) is 0. The Kier molecular flexibility index (Phi) is 4.25. The SMILES string of the molecule is Cc1nn(-c2cncc(CNC(C)(C)C)n2)c(C)c1Br. The molecule has 0 unspecified atom stereocenters. The standard InChI is InChI=1S/C14H20BrN5/c1-9-13(15)10(2)20(19-9)12-8-16-6-11(18-12)7-17-14(3,4)5/h6,8,17H,7H2,1-5H3. The number of halogens is 1. The number of aryl methyl sites for hydroxylation is 1. The molecule has 0 saturated heterocycles. The van der Waals surface area contributed by atoms with Gasteiger partial charge in [-0.3, -0.25) is 4.98 Å². The van der Waals surface area contributed by atoms with Gasteiger partial charge >= 0.3 is 0 Å².